The van der Waals surface area contributed by atoms with Crippen LogP contribution in [-0.4, -0.2) is 33.9 Å². The van der Waals surface area contributed by atoms with Crippen molar-refractivity contribution in [1.29, 1.82) is 0 Å². The van der Waals surface area contributed by atoms with Gasteiger partial charge in [0.25, 0.3) is 5.91 Å². The van der Waals surface area contributed by atoms with Gasteiger partial charge in [-0.2, -0.15) is 4.98 Å². The van der Waals surface area contributed by atoms with Gasteiger partial charge in [0.05, 0.1) is 24.5 Å². The molecule has 5 rings (SSSR count). The second-order valence-electron chi connectivity index (χ2n) is 10.4. The number of amides is 1. The topological polar surface area (TPSA) is 90.3 Å². The Balaban J connectivity index is 1.43. The van der Waals surface area contributed by atoms with Crippen molar-refractivity contribution < 1.29 is 14.3 Å². The highest BCUT2D eigenvalue weighted by molar-refractivity contribution is 7.98. The van der Waals surface area contributed by atoms with Crippen molar-refractivity contribution in [2.24, 2.45) is 0 Å². The van der Waals surface area contributed by atoms with Crippen LogP contribution in [0.25, 0.3) is 0 Å². The van der Waals surface area contributed by atoms with E-state index in [9.17, 15) is 4.79 Å². The first-order valence-electron chi connectivity index (χ1n) is 14.9. The zero-order valence-electron chi connectivity index (χ0n) is 25.0. The minimum Gasteiger partial charge on any atom is -0.494 e. The lowest BCUT2D eigenvalue weighted by Crippen LogP contribution is -2.31. The summed E-state index contributed by atoms with van der Waals surface area (Å²) in [5, 5.41) is 11.9. The van der Waals surface area contributed by atoms with Crippen LogP contribution < -0.4 is 20.1 Å². The van der Waals surface area contributed by atoms with E-state index in [1.807, 2.05) is 85.3 Å². The van der Waals surface area contributed by atoms with Gasteiger partial charge in [-0.1, -0.05) is 92.5 Å². The highest BCUT2D eigenvalue weighted by Gasteiger charge is 2.34. The molecule has 0 bridgehead atoms. The molecule has 2 heterocycles. The molecule has 8 nitrogen and oxygen atoms in total. The van der Waals surface area contributed by atoms with E-state index in [4.69, 9.17) is 19.6 Å². The van der Waals surface area contributed by atoms with Gasteiger partial charge in [-0.15, -0.1) is 5.10 Å². The van der Waals surface area contributed by atoms with E-state index in [-0.39, 0.29) is 5.91 Å². The number of unbranched alkanes of at least 4 members (excludes halogenated alkanes) is 3. The molecule has 1 aliphatic rings. The Morgan fingerprint density at radius 3 is 2.49 bits per heavy atom. The smallest absolute Gasteiger partial charge is 0.255 e. The molecule has 1 aromatic heterocycles. The van der Waals surface area contributed by atoms with Crippen LogP contribution in [0.3, 0.4) is 0 Å². The zero-order valence-corrected chi connectivity index (χ0v) is 25.8. The molecule has 1 aliphatic heterocycles. The van der Waals surface area contributed by atoms with Crippen LogP contribution in [0.1, 0.15) is 63.6 Å². The van der Waals surface area contributed by atoms with Gasteiger partial charge >= 0.3 is 0 Å². The maximum Gasteiger partial charge on any atom is 0.255 e. The maximum absolute atomic E-state index is 14.0. The summed E-state index contributed by atoms with van der Waals surface area (Å²) in [7, 11) is 0. The minimum atomic E-state index is -0.493. The van der Waals surface area contributed by atoms with Gasteiger partial charge in [-0.3, -0.25) is 4.79 Å². The van der Waals surface area contributed by atoms with Crippen LogP contribution >= 0.6 is 11.8 Å². The maximum atomic E-state index is 14.0. The van der Waals surface area contributed by atoms with Crippen molar-refractivity contribution in [2.75, 3.05) is 23.8 Å². The number of nitrogens with zero attached hydrogens (tertiary/aromatic N) is 3. The number of benzene rings is 3. The van der Waals surface area contributed by atoms with Gasteiger partial charge in [0.2, 0.25) is 11.1 Å². The third kappa shape index (κ3) is 7.59. The molecule has 224 valence electrons. The van der Waals surface area contributed by atoms with Gasteiger partial charge in [-0.05, 0) is 55.7 Å². The highest BCUT2D eigenvalue weighted by atomic mass is 32.2. The molecule has 3 aromatic carbocycles. The minimum absolute atomic E-state index is 0.238. The molecular formula is C34H39N5O3S. The Hall–Kier alpha value is -4.24. The van der Waals surface area contributed by atoms with E-state index in [0.29, 0.717) is 47.0 Å². The van der Waals surface area contributed by atoms with Crippen molar-refractivity contribution in [3.8, 4) is 11.5 Å². The lowest BCUT2D eigenvalue weighted by atomic mass is 9.95. The predicted molar refractivity (Wildman–Crippen MR) is 173 cm³/mol. The summed E-state index contributed by atoms with van der Waals surface area (Å²) in [6.07, 6.45) is 4.61. The van der Waals surface area contributed by atoms with Gasteiger partial charge in [0.1, 0.15) is 17.5 Å². The number of para-hydroxylation sites is 2. The van der Waals surface area contributed by atoms with E-state index < -0.39 is 6.04 Å². The van der Waals surface area contributed by atoms with Crippen LogP contribution in [0.15, 0.2) is 95.3 Å². The number of nitrogens with one attached hydrogen (secondary N) is 2. The number of fused-ring (bicyclic) bond motifs is 1. The molecule has 0 fully saturated rings. The molecule has 1 unspecified atom stereocenters. The molecule has 9 heteroatoms. The third-order valence-electron chi connectivity index (χ3n) is 7.19. The Morgan fingerprint density at radius 2 is 1.72 bits per heavy atom. The van der Waals surface area contributed by atoms with E-state index in [1.165, 1.54) is 18.4 Å². The van der Waals surface area contributed by atoms with Crippen molar-refractivity contribution in [3.63, 3.8) is 0 Å². The molecule has 1 amide bonds. The lowest BCUT2D eigenvalue weighted by molar-refractivity contribution is -0.113. The SMILES string of the molecule is CCCCCCOc1ccc(C2C(C(=O)Nc3ccccc3OCC)=C(C)Nc3nc(SCc4ccccc4)nn32)cc1. The number of hydrogen-bond acceptors (Lipinski definition) is 7. The number of carbonyl (C=O) groups is 1. The molecule has 0 saturated heterocycles. The summed E-state index contributed by atoms with van der Waals surface area (Å²) in [6.45, 7) is 7.21. The fourth-order valence-electron chi connectivity index (χ4n) is 5.02. The third-order valence-corrected chi connectivity index (χ3v) is 8.09. The summed E-state index contributed by atoms with van der Waals surface area (Å²) in [5.74, 6) is 2.54. The highest BCUT2D eigenvalue weighted by Crippen LogP contribution is 2.38. The predicted octanol–water partition coefficient (Wildman–Crippen LogP) is 7.86. The monoisotopic (exact) mass is 597 g/mol. The van der Waals surface area contributed by atoms with Gasteiger partial charge in [0.15, 0.2) is 0 Å². The summed E-state index contributed by atoms with van der Waals surface area (Å²) >= 11 is 1.56. The molecule has 0 radical (unpaired) electrons. The van der Waals surface area contributed by atoms with Crippen molar-refractivity contribution in [3.05, 3.63) is 101 Å². The molecule has 2 N–H and O–H groups in total. The summed E-state index contributed by atoms with van der Waals surface area (Å²) in [6, 6.07) is 25.2. The Labute approximate surface area is 257 Å². The molecule has 0 saturated carbocycles. The second kappa shape index (κ2) is 14.8. The first-order chi connectivity index (χ1) is 21.1. The average molecular weight is 598 g/mol. The van der Waals surface area contributed by atoms with Crippen molar-refractivity contribution in [1.82, 2.24) is 14.8 Å². The number of ether oxygens (including phenoxy) is 2. The van der Waals surface area contributed by atoms with Crippen molar-refractivity contribution in [2.45, 2.75) is 63.4 Å². The standard InChI is InChI=1S/C34H39N5O3S/c1-4-6-7-13-22-42-27-20-18-26(19-21-27)31-30(32(40)36-28-16-11-12-17-29(28)41-5-2)24(3)35-33-37-34(38-39(31)33)43-23-25-14-9-8-10-15-25/h8-12,14-21,31H,4-7,13,22-23H2,1-3H3,(H,36,40)(H,35,37,38). The van der Waals surface area contributed by atoms with Crippen molar-refractivity contribution >= 4 is 29.3 Å². The average Bonchev–Trinajstić information content (AvgIpc) is 3.43. The first kappa shape index (κ1) is 30.2. The fourth-order valence-corrected chi connectivity index (χ4v) is 5.81. The van der Waals surface area contributed by atoms with Gasteiger partial charge < -0.3 is 20.1 Å². The van der Waals surface area contributed by atoms with Crippen LogP contribution in [0, 0.1) is 0 Å². The summed E-state index contributed by atoms with van der Waals surface area (Å²) in [5.41, 5.74) is 3.98. The van der Waals surface area contributed by atoms with E-state index in [2.05, 4.69) is 29.7 Å². The number of hydrogen-bond donors (Lipinski definition) is 2. The molecule has 1 atom stereocenters. The van der Waals surface area contributed by atoms with E-state index >= 15 is 0 Å². The molecule has 0 aliphatic carbocycles. The Morgan fingerprint density at radius 1 is 0.953 bits per heavy atom. The molecule has 4 aromatic rings. The summed E-state index contributed by atoms with van der Waals surface area (Å²) in [4.78, 5) is 18.8. The van der Waals surface area contributed by atoms with Crippen LogP contribution in [0.5, 0.6) is 11.5 Å². The number of rotatable bonds is 14. The first-order valence-corrected chi connectivity index (χ1v) is 15.9. The normalized spacial score (nSPS) is 14.2. The van der Waals surface area contributed by atoms with Crippen LogP contribution in [0.2, 0.25) is 0 Å². The molecule has 0 spiro atoms. The summed E-state index contributed by atoms with van der Waals surface area (Å²) < 4.78 is 13.6. The number of thioether (sulfide) groups is 1. The van der Waals surface area contributed by atoms with Crippen LogP contribution in [-0.2, 0) is 10.5 Å². The van der Waals surface area contributed by atoms with E-state index in [0.717, 1.165) is 29.9 Å². The van der Waals surface area contributed by atoms with Crippen LogP contribution in [0.4, 0.5) is 11.6 Å². The quantitative estimate of drug-likeness (QED) is 0.113. The lowest BCUT2D eigenvalue weighted by Gasteiger charge is -2.29. The number of aromatic nitrogens is 3. The van der Waals surface area contributed by atoms with Gasteiger partial charge in [-0.25, -0.2) is 4.68 Å². The number of allylic oxidation sites excluding steroid dienone is 1. The second-order valence-corrected chi connectivity index (χ2v) is 11.3. The van der Waals surface area contributed by atoms with Gasteiger partial charge in [0, 0.05) is 11.4 Å². The zero-order chi connectivity index (χ0) is 30.0. The largest absolute Gasteiger partial charge is 0.494 e. The number of anilines is 2. The fraction of sp³-hybridized carbons (Fsp3) is 0.324. The number of carbonyl (C=O) groups excluding carboxylic acids is 1. The Kier molecular flexibility index (Phi) is 10.4. The van der Waals surface area contributed by atoms with E-state index in [1.54, 1.807) is 11.8 Å². The molecule has 43 heavy (non-hydrogen) atoms. The Bertz CT molecular complexity index is 1540. The molecular weight excluding hydrogens is 558 g/mol.